The first kappa shape index (κ1) is 12.5. The maximum Gasteiger partial charge on any atom is 0.345 e. The third-order valence-corrected chi connectivity index (χ3v) is 3.83. The molecule has 0 amide bonds. The zero-order valence-electron chi connectivity index (χ0n) is 8.77. The van der Waals surface area contributed by atoms with Crippen molar-refractivity contribution in [3.8, 4) is 0 Å². The van der Waals surface area contributed by atoms with Crippen LogP contribution in [0.2, 0.25) is 0 Å². The fraction of sp³-hybridized carbons (Fsp3) is 0.111. The molecule has 2 N–H and O–H groups in total. The Kier molecular flexibility index (Phi) is 3.53. The number of carboxylic acid groups (broad SMARTS) is 1. The van der Waals surface area contributed by atoms with Crippen molar-refractivity contribution < 1.29 is 14.8 Å². The number of nitrogens with zero attached hydrogens (tertiary/aromatic N) is 2. The lowest BCUT2D eigenvalue weighted by Crippen LogP contribution is -2.19. The second-order valence-electron chi connectivity index (χ2n) is 3.19. The lowest BCUT2D eigenvalue weighted by Gasteiger charge is -2.10. The van der Waals surface area contributed by atoms with Crippen molar-refractivity contribution in [3.63, 3.8) is 0 Å². The van der Waals surface area contributed by atoms with Gasteiger partial charge in [-0.05, 0) is 22.8 Å². The highest BCUT2D eigenvalue weighted by Crippen LogP contribution is 2.29. The Morgan fingerprint density at radius 1 is 1.61 bits per heavy atom. The first-order valence-electron chi connectivity index (χ1n) is 4.71. The van der Waals surface area contributed by atoms with Crippen LogP contribution in [-0.2, 0) is 4.79 Å². The molecule has 2 aromatic rings. The Balaban J connectivity index is 2.19. The first-order chi connectivity index (χ1) is 8.58. The number of carboxylic acids is 1. The summed E-state index contributed by atoms with van der Waals surface area (Å²) in [4.78, 5) is 25.4. The summed E-state index contributed by atoms with van der Waals surface area (Å²) in [6.07, 6.45) is 1.10. The maximum absolute atomic E-state index is 11.1. The Labute approximate surface area is 109 Å². The van der Waals surface area contributed by atoms with E-state index in [9.17, 15) is 14.9 Å². The van der Waals surface area contributed by atoms with Gasteiger partial charge in [-0.1, -0.05) is 6.07 Å². The van der Waals surface area contributed by atoms with Gasteiger partial charge >= 0.3 is 11.0 Å². The number of nitro groups is 1. The molecule has 0 fully saturated rings. The predicted molar refractivity (Wildman–Crippen MR) is 67.1 cm³/mol. The normalized spacial score (nSPS) is 12.0. The standard InChI is InChI=1S/C9H7N3O4S2/c13-8(14)7(5-2-1-3-17-5)11-9-10-4-6(18-9)12(15)16/h1-4,7H,(H,10,11)(H,13,14). The van der Waals surface area contributed by atoms with E-state index in [4.69, 9.17) is 5.11 Å². The minimum Gasteiger partial charge on any atom is -0.479 e. The Hall–Kier alpha value is -2.00. The zero-order valence-corrected chi connectivity index (χ0v) is 10.4. The molecule has 0 aliphatic heterocycles. The van der Waals surface area contributed by atoms with Gasteiger partial charge in [-0.2, -0.15) is 0 Å². The lowest BCUT2D eigenvalue weighted by molar-refractivity contribution is -0.380. The van der Waals surface area contributed by atoms with Crippen molar-refractivity contribution in [1.82, 2.24) is 4.98 Å². The molecule has 1 atom stereocenters. The quantitative estimate of drug-likeness (QED) is 0.645. The van der Waals surface area contributed by atoms with E-state index in [0.717, 1.165) is 17.5 Å². The van der Waals surface area contributed by atoms with Crippen LogP contribution < -0.4 is 5.32 Å². The molecule has 2 rings (SSSR count). The van der Waals surface area contributed by atoms with E-state index in [1.54, 1.807) is 17.5 Å². The molecule has 0 spiro atoms. The number of thiophene rings is 1. The van der Waals surface area contributed by atoms with Gasteiger partial charge in [0.1, 0.15) is 6.20 Å². The van der Waals surface area contributed by atoms with Crippen molar-refractivity contribution in [1.29, 1.82) is 0 Å². The molecule has 94 valence electrons. The van der Waals surface area contributed by atoms with Crippen LogP contribution in [0, 0.1) is 10.1 Å². The number of carbonyl (C=O) groups is 1. The minimum atomic E-state index is -1.06. The molecule has 0 bridgehead atoms. The maximum atomic E-state index is 11.1. The molecular formula is C9H7N3O4S2. The number of nitrogens with one attached hydrogen (secondary N) is 1. The van der Waals surface area contributed by atoms with Gasteiger partial charge in [-0.25, -0.2) is 9.78 Å². The van der Waals surface area contributed by atoms with Gasteiger partial charge in [-0.15, -0.1) is 11.3 Å². The highest BCUT2D eigenvalue weighted by Gasteiger charge is 2.23. The molecule has 0 saturated heterocycles. The average Bonchev–Trinajstić information content (AvgIpc) is 2.96. The molecule has 7 nitrogen and oxygen atoms in total. The summed E-state index contributed by atoms with van der Waals surface area (Å²) >= 11 is 2.10. The highest BCUT2D eigenvalue weighted by molar-refractivity contribution is 7.18. The van der Waals surface area contributed by atoms with Gasteiger partial charge in [0, 0.05) is 4.88 Å². The van der Waals surface area contributed by atoms with Crippen LogP contribution in [0.3, 0.4) is 0 Å². The van der Waals surface area contributed by atoms with Crippen LogP contribution in [0.4, 0.5) is 10.1 Å². The summed E-state index contributed by atoms with van der Waals surface area (Å²) in [6.45, 7) is 0. The van der Waals surface area contributed by atoms with Crippen LogP contribution in [-0.4, -0.2) is 21.0 Å². The van der Waals surface area contributed by atoms with Gasteiger partial charge in [0.25, 0.3) is 0 Å². The number of rotatable bonds is 5. The van der Waals surface area contributed by atoms with E-state index in [1.807, 2.05) is 0 Å². The lowest BCUT2D eigenvalue weighted by atomic mass is 10.2. The van der Waals surface area contributed by atoms with Crippen molar-refractivity contribution in [2.45, 2.75) is 6.04 Å². The number of aromatic nitrogens is 1. The Bertz CT molecular complexity index is 566. The van der Waals surface area contributed by atoms with E-state index in [-0.39, 0.29) is 10.1 Å². The fourth-order valence-electron chi connectivity index (χ4n) is 1.25. The molecule has 2 heterocycles. The monoisotopic (exact) mass is 285 g/mol. The van der Waals surface area contributed by atoms with Gasteiger partial charge in [0.2, 0.25) is 0 Å². The molecule has 1 unspecified atom stereocenters. The topological polar surface area (TPSA) is 105 Å². The number of hydrogen-bond donors (Lipinski definition) is 2. The Morgan fingerprint density at radius 3 is 2.89 bits per heavy atom. The summed E-state index contributed by atoms with van der Waals surface area (Å²) in [5.74, 6) is -1.06. The smallest absolute Gasteiger partial charge is 0.345 e. The van der Waals surface area contributed by atoms with E-state index >= 15 is 0 Å². The Morgan fingerprint density at radius 2 is 2.39 bits per heavy atom. The van der Waals surface area contributed by atoms with E-state index < -0.39 is 16.9 Å². The molecular weight excluding hydrogens is 278 g/mol. The molecule has 0 aliphatic carbocycles. The van der Waals surface area contributed by atoms with E-state index in [1.165, 1.54) is 11.3 Å². The molecule has 18 heavy (non-hydrogen) atoms. The van der Waals surface area contributed by atoms with E-state index in [0.29, 0.717) is 4.88 Å². The summed E-state index contributed by atoms with van der Waals surface area (Å²) in [5.41, 5.74) is 0. The summed E-state index contributed by atoms with van der Waals surface area (Å²) in [7, 11) is 0. The number of thiazole rings is 1. The SMILES string of the molecule is O=C(O)C(Nc1ncc([N+](=O)[O-])s1)c1cccs1. The predicted octanol–water partition coefficient (Wildman–Crippen LogP) is 2.35. The second-order valence-corrected chi connectivity index (χ2v) is 5.18. The van der Waals surface area contributed by atoms with Crippen LogP contribution >= 0.6 is 22.7 Å². The highest BCUT2D eigenvalue weighted by atomic mass is 32.1. The molecule has 9 heteroatoms. The van der Waals surface area contributed by atoms with Crippen molar-refractivity contribution in [2.24, 2.45) is 0 Å². The third kappa shape index (κ3) is 2.63. The van der Waals surface area contributed by atoms with Crippen molar-refractivity contribution in [2.75, 3.05) is 5.32 Å². The summed E-state index contributed by atoms with van der Waals surface area (Å²) < 4.78 is 0. The van der Waals surface area contributed by atoms with Gasteiger partial charge in [0.15, 0.2) is 11.2 Å². The van der Waals surface area contributed by atoms with Gasteiger partial charge in [-0.3, -0.25) is 10.1 Å². The molecule has 0 aromatic carbocycles. The number of anilines is 1. The van der Waals surface area contributed by atoms with Crippen molar-refractivity contribution >= 4 is 38.8 Å². The molecule has 0 saturated carbocycles. The number of hydrogen-bond acceptors (Lipinski definition) is 7. The van der Waals surface area contributed by atoms with Crippen LogP contribution in [0.1, 0.15) is 10.9 Å². The zero-order chi connectivity index (χ0) is 13.1. The third-order valence-electron chi connectivity index (χ3n) is 2.02. The summed E-state index contributed by atoms with van der Waals surface area (Å²) in [5, 5.41) is 24.1. The van der Waals surface area contributed by atoms with E-state index in [2.05, 4.69) is 10.3 Å². The molecule has 0 radical (unpaired) electrons. The van der Waals surface area contributed by atoms with Crippen LogP contribution in [0.5, 0.6) is 0 Å². The van der Waals surface area contributed by atoms with Gasteiger partial charge in [0.05, 0.1) is 4.92 Å². The second kappa shape index (κ2) is 5.10. The average molecular weight is 285 g/mol. The van der Waals surface area contributed by atoms with Gasteiger partial charge < -0.3 is 10.4 Å². The molecule has 0 aliphatic rings. The first-order valence-corrected chi connectivity index (χ1v) is 6.40. The molecule has 2 aromatic heterocycles. The van der Waals surface area contributed by atoms with Crippen LogP contribution in [0.15, 0.2) is 23.7 Å². The number of aliphatic carboxylic acids is 1. The van der Waals surface area contributed by atoms with Crippen molar-refractivity contribution in [3.05, 3.63) is 38.7 Å². The van der Waals surface area contributed by atoms with Crippen LogP contribution in [0.25, 0.3) is 0 Å². The minimum absolute atomic E-state index is 0.132. The fourth-order valence-corrected chi connectivity index (χ4v) is 2.68. The largest absolute Gasteiger partial charge is 0.479 e. The summed E-state index contributed by atoms with van der Waals surface area (Å²) in [6, 6.07) is 2.47.